The summed E-state index contributed by atoms with van der Waals surface area (Å²) >= 11 is 0. The molecule has 0 fully saturated rings. The van der Waals surface area contributed by atoms with Gasteiger partial charge in [0.25, 0.3) is 0 Å². The van der Waals surface area contributed by atoms with E-state index >= 15 is 0 Å². The minimum absolute atomic E-state index is 0. The summed E-state index contributed by atoms with van der Waals surface area (Å²) in [4.78, 5) is 21.4. The van der Waals surface area contributed by atoms with Crippen LogP contribution < -0.4 is 0 Å². The zero-order valence-electron chi connectivity index (χ0n) is 45.5. The van der Waals surface area contributed by atoms with E-state index in [1.54, 1.807) is 73.1 Å². The fourth-order valence-corrected chi connectivity index (χ4v) is 3.47. The van der Waals surface area contributed by atoms with Gasteiger partial charge < -0.3 is 14.5 Å². The monoisotopic (exact) mass is 671 g/mol. The number of hydrogen-bond acceptors (Lipinski definition) is 3. The number of rotatable bonds is 10. The summed E-state index contributed by atoms with van der Waals surface area (Å²) in [6.45, 7) is -18.6. The van der Waals surface area contributed by atoms with Crippen LogP contribution in [0.3, 0.4) is 0 Å². The van der Waals surface area contributed by atoms with Crippen LogP contribution in [-0.2, 0) is 35.8 Å². The van der Waals surface area contributed by atoms with Crippen molar-refractivity contribution in [3.63, 3.8) is 0 Å². The van der Waals surface area contributed by atoms with E-state index < -0.39 is 110 Å². The van der Waals surface area contributed by atoms with Crippen molar-refractivity contribution in [1.82, 2.24) is 4.90 Å². The van der Waals surface area contributed by atoms with Crippen LogP contribution in [0, 0.1) is 54.0 Å². The van der Waals surface area contributed by atoms with Crippen molar-refractivity contribution < 1.29 is 65.9 Å². The van der Waals surface area contributed by atoms with E-state index in [-0.39, 0.29) is 52.1 Å². The average Bonchev–Trinajstić information content (AvgIpc) is 3.12. The summed E-state index contributed by atoms with van der Waals surface area (Å²) in [5.41, 5.74) is -4.99. The van der Waals surface area contributed by atoms with E-state index in [4.69, 9.17) is 30.2 Å². The normalized spacial score (nSPS) is 19.1. The first kappa shape index (κ1) is 15.7. The van der Waals surface area contributed by atoms with Crippen molar-refractivity contribution in [2.24, 2.45) is 0 Å². The van der Waals surface area contributed by atoms with Gasteiger partial charge in [-0.15, -0.1) is 48.4 Å². The maximum absolute atomic E-state index is 9.88. The summed E-state index contributed by atoms with van der Waals surface area (Å²) < 4.78 is 175. The molecule has 0 heterocycles. The average molecular weight is 673 g/mol. The van der Waals surface area contributed by atoms with Gasteiger partial charge in [0, 0.05) is 56.4 Å². The molecule has 0 saturated carbocycles. The van der Waals surface area contributed by atoms with Crippen LogP contribution in [0.25, 0.3) is 0 Å². The molecule has 0 amide bonds. The predicted molar refractivity (Wildman–Crippen MR) is 177 cm³/mol. The van der Waals surface area contributed by atoms with E-state index in [2.05, 4.69) is 0 Å². The molecule has 0 N–H and O–H groups in total. The van der Waals surface area contributed by atoms with Gasteiger partial charge in [-0.3, -0.25) is 0 Å². The molecule has 0 spiro atoms. The largest absolute Gasteiger partial charge is 0.376 e. The Morgan fingerprint density at radius 3 is 1.23 bits per heavy atom. The summed E-state index contributed by atoms with van der Waals surface area (Å²) in [6, 6.07) is 13.9. The van der Waals surface area contributed by atoms with Crippen molar-refractivity contribution in [3.05, 3.63) is 153 Å². The maximum atomic E-state index is 9.88. The zero-order chi connectivity index (χ0) is 49.4. The Balaban J connectivity index is 0.00000103. The topological polar surface area (TPSA) is 37.4 Å². The van der Waals surface area contributed by atoms with Gasteiger partial charge in [0.2, 0.25) is 0 Å². The SMILES string of the molecule is O=[C-]c1ccccc1.O=[C-]c1ccccc1.[2H]c1c(C([2H])([2H])[2H])c([2H])c(C([2H])([2H])[2H])c([CH-]CCN(C)CC[CH-]c2c(C([2H])([2H])[2H])c([2H])c(C([2H])([2H])[2H])c([2H])c2C([2H])([2H])[2H])c1C([2H])([2H])[2H].[Zr]. The van der Waals surface area contributed by atoms with Crippen molar-refractivity contribution >= 4 is 12.6 Å². The fourth-order valence-electron chi connectivity index (χ4n) is 3.47. The zero-order valence-corrected chi connectivity index (χ0v) is 26.0. The van der Waals surface area contributed by atoms with Crippen LogP contribution in [0.5, 0.6) is 0 Å². The molecular weight excluding hydrogens is 606 g/mol. The van der Waals surface area contributed by atoms with Gasteiger partial charge in [-0.2, -0.15) is 81.6 Å². The predicted octanol–water partition coefficient (Wildman–Crippen LogP) is 8.34. The number of benzene rings is 4. The molecule has 3 nitrogen and oxygen atoms in total. The molecule has 0 saturated heterocycles. The summed E-state index contributed by atoms with van der Waals surface area (Å²) in [5, 5.41) is 0. The Kier molecular flexibility index (Phi) is 7.54. The first-order valence-corrected chi connectivity index (χ1v) is 12.7. The van der Waals surface area contributed by atoms with Gasteiger partial charge in [-0.05, 0) is 33.8 Å². The standard InChI is InChI=1S/C25H35N.2C7H5O.Zr/c1-18-14-20(3)24(21(4)15-18)10-8-12-26(7)13-9-11-25-22(5)16-19(2)17-23(25)6;2*8-6-7-4-2-1-3-5-7;/h10-11,14-17H,8-9,12-13H2,1-7H3;2*1-5H;/q-2;2*-1;/i1D3,2D3,3D3,4D3,5D3,6D3,14D,15D,16D,17D;;;. The Hall–Kier alpha value is -3.20. The molecule has 0 aliphatic heterocycles. The first-order valence-electron chi connectivity index (χ1n) is 23.7. The molecule has 4 aromatic carbocycles. The third kappa shape index (κ3) is 14.2. The van der Waals surface area contributed by atoms with E-state index in [0.717, 1.165) is 0 Å². The minimum atomic E-state index is -3.14. The Morgan fingerprint density at radius 2 is 0.977 bits per heavy atom. The molecule has 226 valence electrons. The number of nitrogens with zero attached hydrogens (tertiary/aromatic N) is 1. The van der Waals surface area contributed by atoms with Gasteiger partial charge in [0.15, 0.2) is 0 Å². The van der Waals surface area contributed by atoms with Crippen LogP contribution in [0.15, 0.2) is 84.8 Å². The second-order valence-electron chi connectivity index (χ2n) is 8.80. The molecule has 4 aromatic rings. The first-order chi connectivity index (χ1) is 29.1. The van der Waals surface area contributed by atoms with Crippen molar-refractivity contribution in [2.45, 2.75) is 54.0 Å². The molecule has 4 rings (SSSR count). The van der Waals surface area contributed by atoms with Crippen molar-refractivity contribution in [3.8, 4) is 0 Å². The van der Waals surface area contributed by atoms with Gasteiger partial charge in [0.1, 0.15) is 0 Å². The Bertz CT molecular complexity index is 1960. The Labute approximate surface area is 310 Å². The fraction of sp³-hybridized carbons (Fsp3) is 0.282. The van der Waals surface area contributed by atoms with Gasteiger partial charge >= 0.3 is 0 Å². The Morgan fingerprint density at radius 1 is 0.628 bits per heavy atom. The quantitative estimate of drug-likeness (QED) is 0.159. The molecule has 4 heteroatoms. The van der Waals surface area contributed by atoms with E-state index in [1.165, 1.54) is 12.8 Å². The van der Waals surface area contributed by atoms with Gasteiger partial charge in [-0.1, -0.05) is 63.5 Å². The van der Waals surface area contributed by atoms with Crippen LogP contribution in [0.1, 0.15) is 98.6 Å². The third-order valence-corrected chi connectivity index (χ3v) is 5.58. The van der Waals surface area contributed by atoms with Crippen molar-refractivity contribution in [2.75, 3.05) is 20.1 Å². The molecular formula is C39H45NO2Zr-4. The molecule has 0 aliphatic carbocycles. The summed E-state index contributed by atoms with van der Waals surface area (Å²) in [5.74, 6) is 0. The summed E-state index contributed by atoms with van der Waals surface area (Å²) in [7, 11) is 1.57. The number of hydrogen-bond donors (Lipinski definition) is 0. The van der Waals surface area contributed by atoms with Gasteiger partial charge in [0.05, 0.1) is 12.6 Å². The molecule has 0 bridgehead atoms. The molecule has 0 radical (unpaired) electrons. The second-order valence-corrected chi connectivity index (χ2v) is 8.80. The molecule has 0 atom stereocenters. The third-order valence-electron chi connectivity index (χ3n) is 5.58. The van der Waals surface area contributed by atoms with E-state index in [0.29, 0.717) is 11.1 Å². The van der Waals surface area contributed by atoms with Gasteiger partial charge in [-0.25, -0.2) is 0 Å². The van der Waals surface area contributed by atoms with E-state index in [9.17, 15) is 9.59 Å². The second kappa shape index (κ2) is 20.7. The molecule has 0 aromatic heterocycles. The van der Waals surface area contributed by atoms with Crippen LogP contribution in [-0.4, -0.2) is 37.6 Å². The smallest absolute Gasteiger partial charge is 0.0627 e. The van der Waals surface area contributed by atoms with E-state index in [1.807, 2.05) is 12.1 Å². The molecule has 0 aliphatic rings. The number of carbonyl (C=O) groups excluding carboxylic acids is 2. The van der Waals surface area contributed by atoms with Crippen LogP contribution in [0.2, 0.25) is 0 Å². The van der Waals surface area contributed by atoms with Crippen molar-refractivity contribution in [1.29, 1.82) is 0 Å². The summed E-state index contributed by atoms with van der Waals surface area (Å²) in [6.07, 6.45) is 5.81. The maximum Gasteiger partial charge on any atom is 0.0627 e. The van der Waals surface area contributed by atoms with Crippen LogP contribution >= 0.6 is 0 Å². The molecule has 0 unspecified atom stereocenters. The minimum Gasteiger partial charge on any atom is -0.376 e. The molecule has 43 heavy (non-hydrogen) atoms. The van der Waals surface area contributed by atoms with Crippen LogP contribution in [0.4, 0.5) is 0 Å².